The Morgan fingerprint density at radius 3 is 2.78 bits per heavy atom. The molecule has 3 N–H and O–H groups in total. The second-order valence-corrected chi connectivity index (χ2v) is 6.07. The number of nitrogens with one attached hydrogen (secondary N) is 3. The number of fused-ring (bicyclic) bond motifs is 1. The van der Waals surface area contributed by atoms with Crippen LogP contribution in [0.5, 0.6) is 0 Å². The molecular weight excluding hydrogens is 314 g/mol. The molecule has 2 aromatic heterocycles. The molecule has 0 saturated heterocycles. The highest BCUT2D eigenvalue weighted by molar-refractivity contribution is 7.99. The highest BCUT2D eigenvalue weighted by Crippen LogP contribution is 2.20. The average molecular weight is 329 g/mol. The molecule has 0 atom stereocenters. The van der Waals surface area contributed by atoms with Crippen molar-refractivity contribution in [2.75, 3.05) is 11.1 Å². The number of hydrogen-bond donors (Lipinski definition) is 3. The van der Waals surface area contributed by atoms with Crippen molar-refractivity contribution in [1.82, 2.24) is 20.2 Å². The molecule has 8 heteroatoms. The number of aromatic amines is 2. The molecule has 0 spiro atoms. The van der Waals surface area contributed by atoms with Crippen LogP contribution in [0, 0.1) is 13.8 Å². The zero-order valence-corrected chi connectivity index (χ0v) is 13.5. The number of amides is 1. The standard InChI is InChI=1S/C15H15N5O2S/c1-8-4-3-5-9(2)12(8)17-11(21)7-23-15-18-13-10(6-16-20-13)14(22)19-15/h3-6H,7H2,1-2H3,(H,17,21)(H2,16,18,19,20,22). The molecular formula is C15H15N5O2S. The van der Waals surface area contributed by atoms with E-state index in [1.54, 1.807) is 0 Å². The fraction of sp³-hybridized carbons (Fsp3) is 0.200. The number of hydrogen-bond acceptors (Lipinski definition) is 5. The second-order valence-electron chi connectivity index (χ2n) is 5.11. The molecule has 0 aliphatic heterocycles. The predicted molar refractivity (Wildman–Crippen MR) is 89.8 cm³/mol. The number of anilines is 1. The lowest BCUT2D eigenvalue weighted by Gasteiger charge is -2.11. The Hall–Kier alpha value is -2.61. The van der Waals surface area contributed by atoms with Gasteiger partial charge in [0.05, 0.1) is 11.9 Å². The monoisotopic (exact) mass is 329 g/mol. The van der Waals surface area contributed by atoms with Crippen molar-refractivity contribution in [3.05, 3.63) is 45.9 Å². The molecule has 0 radical (unpaired) electrons. The van der Waals surface area contributed by atoms with E-state index < -0.39 is 0 Å². The van der Waals surface area contributed by atoms with Gasteiger partial charge in [-0.1, -0.05) is 30.0 Å². The van der Waals surface area contributed by atoms with Gasteiger partial charge in [-0.3, -0.25) is 14.7 Å². The minimum absolute atomic E-state index is 0.149. The summed E-state index contributed by atoms with van der Waals surface area (Å²) in [5.74, 6) is -0.00384. The Morgan fingerprint density at radius 2 is 2.04 bits per heavy atom. The molecule has 0 aliphatic carbocycles. The van der Waals surface area contributed by atoms with E-state index in [9.17, 15) is 9.59 Å². The van der Waals surface area contributed by atoms with Crippen LogP contribution in [0.3, 0.4) is 0 Å². The van der Waals surface area contributed by atoms with Crippen molar-refractivity contribution in [2.45, 2.75) is 19.0 Å². The topological polar surface area (TPSA) is 104 Å². The molecule has 1 amide bonds. The zero-order valence-electron chi connectivity index (χ0n) is 12.6. The first-order chi connectivity index (χ1) is 11.0. The molecule has 23 heavy (non-hydrogen) atoms. The Bertz CT molecular complexity index is 911. The van der Waals surface area contributed by atoms with E-state index in [2.05, 4.69) is 25.5 Å². The van der Waals surface area contributed by atoms with Gasteiger partial charge in [0, 0.05) is 5.69 Å². The van der Waals surface area contributed by atoms with Crippen LogP contribution in [0.2, 0.25) is 0 Å². The summed E-state index contributed by atoms with van der Waals surface area (Å²) in [6.45, 7) is 3.89. The first-order valence-corrected chi connectivity index (χ1v) is 7.95. The molecule has 0 aliphatic rings. The van der Waals surface area contributed by atoms with Crippen molar-refractivity contribution in [3.8, 4) is 0 Å². The van der Waals surface area contributed by atoms with E-state index in [1.165, 1.54) is 18.0 Å². The molecule has 118 valence electrons. The van der Waals surface area contributed by atoms with Crippen LogP contribution in [0.15, 0.2) is 34.3 Å². The summed E-state index contributed by atoms with van der Waals surface area (Å²) in [4.78, 5) is 30.8. The van der Waals surface area contributed by atoms with Gasteiger partial charge in [0.15, 0.2) is 10.8 Å². The summed E-state index contributed by atoms with van der Waals surface area (Å²) in [5.41, 5.74) is 2.97. The normalized spacial score (nSPS) is 10.9. The lowest BCUT2D eigenvalue weighted by molar-refractivity contribution is -0.113. The third-order valence-electron chi connectivity index (χ3n) is 3.38. The van der Waals surface area contributed by atoms with Gasteiger partial charge in [-0.25, -0.2) is 4.98 Å². The average Bonchev–Trinajstić information content (AvgIpc) is 2.98. The van der Waals surface area contributed by atoms with Gasteiger partial charge in [-0.15, -0.1) is 0 Å². The minimum Gasteiger partial charge on any atom is -0.325 e. The fourth-order valence-electron chi connectivity index (χ4n) is 2.21. The smallest absolute Gasteiger partial charge is 0.262 e. The van der Waals surface area contributed by atoms with E-state index in [0.717, 1.165) is 16.8 Å². The number of para-hydroxylation sites is 1. The summed E-state index contributed by atoms with van der Waals surface area (Å²) in [7, 11) is 0. The first-order valence-electron chi connectivity index (χ1n) is 6.97. The number of nitrogens with zero attached hydrogens (tertiary/aromatic N) is 2. The van der Waals surface area contributed by atoms with Crippen LogP contribution in [0.25, 0.3) is 11.0 Å². The molecule has 2 heterocycles. The number of aromatic nitrogens is 4. The second kappa shape index (κ2) is 6.25. The van der Waals surface area contributed by atoms with Crippen LogP contribution < -0.4 is 10.9 Å². The number of rotatable bonds is 4. The van der Waals surface area contributed by atoms with Crippen molar-refractivity contribution < 1.29 is 4.79 Å². The Balaban J connectivity index is 1.69. The summed E-state index contributed by atoms with van der Waals surface area (Å²) in [6.07, 6.45) is 1.42. The minimum atomic E-state index is -0.276. The number of aryl methyl sites for hydroxylation is 2. The third kappa shape index (κ3) is 3.26. The van der Waals surface area contributed by atoms with Crippen molar-refractivity contribution >= 4 is 34.4 Å². The zero-order chi connectivity index (χ0) is 16.4. The highest BCUT2D eigenvalue weighted by atomic mass is 32.2. The highest BCUT2D eigenvalue weighted by Gasteiger charge is 2.10. The van der Waals surface area contributed by atoms with E-state index in [-0.39, 0.29) is 17.2 Å². The van der Waals surface area contributed by atoms with Crippen LogP contribution in [0.1, 0.15) is 11.1 Å². The van der Waals surface area contributed by atoms with Gasteiger partial charge in [0.2, 0.25) is 5.91 Å². The Kier molecular flexibility index (Phi) is 4.16. The molecule has 0 bridgehead atoms. The summed E-state index contributed by atoms with van der Waals surface area (Å²) < 4.78 is 0. The molecule has 1 aromatic carbocycles. The number of carbonyl (C=O) groups is 1. The quantitative estimate of drug-likeness (QED) is 0.502. The maximum atomic E-state index is 12.1. The summed E-state index contributed by atoms with van der Waals surface area (Å²) >= 11 is 1.17. The third-order valence-corrected chi connectivity index (χ3v) is 4.26. The van der Waals surface area contributed by atoms with E-state index >= 15 is 0 Å². The number of carbonyl (C=O) groups excluding carboxylic acids is 1. The van der Waals surface area contributed by atoms with E-state index in [1.807, 2.05) is 32.0 Å². The van der Waals surface area contributed by atoms with Gasteiger partial charge in [0.25, 0.3) is 5.56 Å². The molecule has 0 saturated carbocycles. The number of thioether (sulfide) groups is 1. The predicted octanol–water partition coefficient (Wildman–Crippen LogP) is 1.99. The summed E-state index contributed by atoms with van der Waals surface area (Å²) in [5, 5.41) is 10.1. The van der Waals surface area contributed by atoms with Crippen LogP contribution in [-0.4, -0.2) is 31.8 Å². The van der Waals surface area contributed by atoms with E-state index in [0.29, 0.717) is 16.2 Å². The lowest BCUT2D eigenvalue weighted by Crippen LogP contribution is -2.16. The SMILES string of the molecule is Cc1cccc(C)c1NC(=O)CSc1nc2[nH]ncc2c(=O)[nH]1. The van der Waals surface area contributed by atoms with Gasteiger partial charge >= 0.3 is 0 Å². The molecule has 3 rings (SSSR count). The maximum Gasteiger partial charge on any atom is 0.262 e. The van der Waals surface area contributed by atoms with Gasteiger partial charge in [-0.05, 0) is 25.0 Å². The van der Waals surface area contributed by atoms with Crippen LogP contribution >= 0.6 is 11.8 Å². The molecule has 0 fully saturated rings. The first kappa shape index (κ1) is 15.3. The van der Waals surface area contributed by atoms with Crippen molar-refractivity contribution in [2.24, 2.45) is 0 Å². The Morgan fingerprint density at radius 1 is 1.30 bits per heavy atom. The van der Waals surface area contributed by atoms with Crippen LogP contribution in [-0.2, 0) is 4.79 Å². The van der Waals surface area contributed by atoms with Crippen molar-refractivity contribution in [1.29, 1.82) is 0 Å². The van der Waals surface area contributed by atoms with Gasteiger partial charge in [-0.2, -0.15) is 5.10 Å². The summed E-state index contributed by atoms with van der Waals surface area (Å²) in [6, 6.07) is 5.84. The van der Waals surface area contributed by atoms with Crippen molar-refractivity contribution in [3.63, 3.8) is 0 Å². The Labute approximate surface area is 135 Å². The van der Waals surface area contributed by atoms with Crippen LogP contribution in [0.4, 0.5) is 5.69 Å². The van der Waals surface area contributed by atoms with Gasteiger partial charge < -0.3 is 10.3 Å². The number of H-pyrrole nitrogens is 2. The largest absolute Gasteiger partial charge is 0.325 e. The van der Waals surface area contributed by atoms with Gasteiger partial charge in [0.1, 0.15) is 5.39 Å². The number of benzene rings is 1. The van der Waals surface area contributed by atoms with E-state index in [4.69, 9.17) is 0 Å². The molecule has 0 unspecified atom stereocenters. The molecule has 3 aromatic rings. The molecule has 7 nitrogen and oxygen atoms in total. The lowest BCUT2D eigenvalue weighted by atomic mass is 10.1. The maximum absolute atomic E-state index is 12.1. The fourth-order valence-corrected chi connectivity index (χ4v) is 2.87.